The van der Waals surface area contributed by atoms with Crippen molar-refractivity contribution in [3.05, 3.63) is 26.9 Å². The fourth-order valence-electron chi connectivity index (χ4n) is 1.88. The Morgan fingerprint density at radius 3 is 2.71 bits per heavy atom. The zero-order valence-electron chi connectivity index (χ0n) is 9.16. The van der Waals surface area contributed by atoms with Crippen LogP contribution in [0, 0.1) is 11.3 Å². The first-order valence-corrected chi connectivity index (χ1v) is 6.96. The standard InChI is InChI=1S/C11H12Br2N4/c12-8-5-9(13)11(16-7-8)10(6-14)17-3-1-15-2-4-17/h5,7,10,15H,1-4H2. The highest BCUT2D eigenvalue weighted by molar-refractivity contribution is 9.11. The van der Waals surface area contributed by atoms with Gasteiger partial charge in [0.15, 0.2) is 0 Å². The molecule has 90 valence electrons. The Bertz CT molecular complexity index is 438. The number of nitriles is 1. The SMILES string of the molecule is N#CC(c1ncc(Br)cc1Br)N1CCNCC1. The number of rotatable bonds is 2. The maximum absolute atomic E-state index is 9.34. The summed E-state index contributed by atoms with van der Waals surface area (Å²) in [7, 11) is 0. The Morgan fingerprint density at radius 2 is 2.12 bits per heavy atom. The Labute approximate surface area is 117 Å². The molecule has 1 atom stereocenters. The van der Waals surface area contributed by atoms with Gasteiger partial charge in [0.05, 0.1) is 11.8 Å². The first-order chi connectivity index (χ1) is 8.22. The van der Waals surface area contributed by atoms with Gasteiger partial charge in [-0.05, 0) is 37.9 Å². The predicted octanol–water partition coefficient (Wildman–Crippen LogP) is 2.08. The lowest BCUT2D eigenvalue weighted by molar-refractivity contribution is 0.204. The summed E-state index contributed by atoms with van der Waals surface area (Å²) in [5, 5.41) is 12.6. The van der Waals surface area contributed by atoms with Crippen molar-refractivity contribution in [3.63, 3.8) is 0 Å². The van der Waals surface area contributed by atoms with Crippen molar-refractivity contribution in [1.29, 1.82) is 5.26 Å². The molecular weight excluding hydrogens is 348 g/mol. The zero-order chi connectivity index (χ0) is 12.3. The summed E-state index contributed by atoms with van der Waals surface area (Å²) in [6.07, 6.45) is 1.73. The third-order valence-electron chi connectivity index (χ3n) is 2.73. The molecule has 1 N–H and O–H groups in total. The van der Waals surface area contributed by atoms with E-state index in [4.69, 9.17) is 0 Å². The van der Waals surface area contributed by atoms with E-state index in [0.717, 1.165) is 40.8 Å². The molecular formula is C11H12Br2N4. The lowest BCUT2D eigenvalue weighted by Gasteiger charge is -2.31. The third kappa shape index (κ3) is 3.05. The summed E-state index contributed by atoms with van der Waals surface area (Å²) in [5.41, 5.74) is 0.789. The molecule has 1 unspecified atom stereocenters. The van der Waals surface area contributed by atoms with Gasteiger partial charge >= 0.3 is 0 Å². The lowest BCUT2D eigenvalue weighted by Crippen LogP contribution is -2.45. The molecule has 0 saturated carbocycles. The van der Waals surface area contributed by atoms with E-state index >= 15 is 0 Å². The Balaban J connectivity index is 2.25. The first kappa shape index (κ1) is 13.0. The van der Waals surface area contributed by atoms with Crippen molar-refractivity contribution in [1.82, 2.24) is 15.2 Å². The van der Waals surface area contributed by atoms with E-state index in [9.17, 15) is 5.26 Å². The van der Waals surface area contributed by atoms with Crippen LogP contribution in [0.3, 0.4) is 0 Å². The van der Waals surface area contributed by atoms with Gasteiger partial charge in [-0.25, -0.2) is 0 Å². The topological polar surface area (TPSA) is 52.0 Å². The minimum absolute atomic E-state index is 0.278. The number of hydrogen-bond donors (Lipinski definition) is 1. The molecule has 1 aromatic heterocycles. The second-order valence-electron chi connectivity index (χ2n) is 3.84. The lowest BCUT2D eigenvalue weighted by atomic mass is 10.1. The zero-order valence-corrected chi connectivity index (χ0v) is 12.3. The van der Waals surface area contributed by atoms with Crippen molar-refractivity contribution in [2.24, 2.45) is 0 Å². The van der Waals surface area contributed by atoms with E-state index in [0.29, 0.717) is 0 Å². The van der Waals surface area contributed by atoms with Gasteiger partial charge in [0, 0.05) is 41.3 Å². The summed E-state index contributed by atoms with van der Waals surface area (Å²) in [4.78, 5) is 6.50. The molecule has 0 aliphatic carbocycles. The fraction of sp³-hybridized carbons (Fsp3) is 0.455. The third-order valence-corrected chi connectivity index (χ3v) is 3.80. The van der Waals surface area contributed by atoms with Crippen molar-refractivity contribution >= 4 is 31.9 Å². The summed E-state index contributed by atoms with van der Waals surface area (Å²) in [6.45, 7) is 3.60. The van der Waals surface area contributed by atoms with Gasteiger partial charge in [-0.2, -0.15) is 5.26 Å². The molecule has 4 nitrogen and oxygen atoms in total. The molecule has 17 heavy (non-hydrogen) atoms. The quantitative estimate of drug-likeness (QED) is 0.878. The van der Waals surface area contributed by atoms with Crippen LogP contribution in [0.5, 0.6) is 0 Å². The monoisotopic (exact) mass is 358 g/mol. The molecule has 1 aromatic rings. The second-order valence-corrected chi connectivity index (χ2v) is 5.61. The van der Waals surface area contributed by atoms with Crippen molar-refractivity contribution in [2.45, 2.75) is 6.04 Å². The Morgan fingerprint density at radius 1 is 1.41 bits per heavy atom. The average molecular weight is 360 g/mol. The first-order valence-electron chi connectivity index (χ1n) is 5.37. The van der Waals surface area contributed by atoms with E-state index in [1.807, 2.05) is 6.07 Å². The fourth-order valence-corrected chi connectivity index (χ4v) is 3.09. The van der Waals surface area contributed by atoms with Gasteiger partial charge < -0.3 is 5.32 Å². The molecule has 2 heterocycles. The summed E-state index contributed by atoms with van der Waals surface area (Å²) < 4.78 is 1.78. The highest BCUT2D eigenvalue weighted by Crippen LogP contribution is 2.27. The van der Waals surface area contributed by atoms with Crippen LogP contribution in [0.15, 0.2) is 21.2 Å². The number of nitrogens with zero attached hydrogens (tertiary/aromatic N) is 3. The van der Waals surface area contributed by atoms with Crippen LogP contribution in [0.25, 0.3) is 0 Å². The number of hydrogen-bond acceptors (Lipinski definition) is 4. The highest BCUT2D eigenvalue weighted by Gasteiger charge is 2.24. The van der Waals surface area contributed by atoms with Crippen LogP contribution in [-0.4, -0.2) is 36.1 Å². The average Bonchev–Trinajstić information content (AvgIpc) is 2.34. The summed E-state index contributed by atoms with van der Waals surface area (Å²) in [5.74, 6) is 0. The van der Waals surface area contributed by atoms with E-state index in [-0.39, 0.29) is 6.04 Å². The predicted molar refractivity (Wildman–Crippen MR) is 72.4 cm³/mol. The Kier molecular flexibility index (Phi) is 4.51. The summed E-state index contributed by atoms with van der Waals surface area (Å²) >= 11 is 6.83. The van der Waals surface area contributed by atoms with Crippen molar-refractivity contribution < 1.29 is 0 Å². The molecule has 2 rings (SSSR count). The van der Waals surface area contributed by atoms with Crippen molar-refractivity contribution in [3.8, 4) is 6.07 Å². The molecule has 0 amide bonds. The summed E-state index contributed by atoms with van der Waals surface area (Å²) in [6, 6.07) is 3.99. The molecule has 0 aromatic carbocycles. The molecule has 0 radical (unpaired) electrons. The number of piperazine rings is 1. The van der Waals surface area contributed by atoms with Crippen LogP contribution in [-0.2, 0) is 0 Å². The van der Waals surface area contributed by atoms with Crippen LogP contribution in [0.2, 0.25) is 0 Å². The van der Waals surface area contributed by atoms with Gasteiger partial charge in [0.25, 0.3) is 0 Å². The normalized spacial score (nSPS) is 18.6. The largest absolute Gasteiger partial charge is 0.314 e. The van der Waals surface area contributed by atoms with E-state index < -0.39 is 0 Å². The van der Waals surface area contributed by atoms with E-state index in [1.165, 1.54) is 0 Å². The minimum atomic E-state index is -0.278. The maximum Gasteiger partial charge on any atom is 0.142 e. The van der Waals surface area contributed by atoms with Crippen LogP contribution < -0.4 is 5.32 Å². The van der Waals surface area contributed by atoms with Crippen molar-refractivity contribution in [2.75, 3.05) is 26.2 Å². The van der Waals surface area contributed by atoms with Crippen LogP contribution in [0.1, 0.15) is 11.7 Å². The second kappa shape index (κ2) is 5.91. The molecule has 0 spiro atoms. The number of pyridine rings is 1. The molecule has 1 fully saturated rings. The minimum Gasteiger partial charge on any atom is -0.314 e. The van der Waals surface area contributed by atoms with Gasteiger partial charge in [-0.3, -0.25) is 9.88 Å². The van der Waals surface area contributed by atoms with Gasteiger partial charge in [-0.1, -0.05) is 0 Å². The van der Waals surface area contributed by atoms with Crippen LogP contribution in [0.4, 0.5) is 0 Å². The molecule has 1 aliphatic heterocycles. The van der Waals surface area contributed by atoms with Gasteiger partial charge in [0.1, 0.15) is 6.04 Å². The molecule has 6 heteroatoms. The molecule has 0 bridgehead atoms. The van der Waals surface area contributed by atoms with E-state index in [2.05, 4.69) is 53.1 Å². The maximum atomic E-state index is 9.34. The Hall–Kier alpha value is -0.480. The van der Waals surface area contributed by atoms with Gasteiger partial charge in [-0.15, -0.1) is 0 Å². The van der Waals surface area contributed by atoms with Gasteiger partial charge in [0.2, 0.25) is 0 Å². The van der Waals surface area contributed by atoms with E-state index in [1.54, 1.807) is 6.20 Å². The molecule has 1 saturated heterocycles. The number of aromatic nitrogens is 1. The van der Waals surface area contributed by atoms with Crippen LogP contribution >= 0.6 is 31.9 Å². The number of halogens is 2. The number of nitrogens with one attached hydrogen (secondary N) is 1. The smallest absolute Gasteiger partial charge is 0.142 e. The highest BCUT2D eigenvalue weighted by atomic mass is 79.9. The molecule has 1 aliphatic rings.